The smallest absolute Gasteiger partial charge is 0.213 e. The summed E-state index contributed by atoms with van der Waals surface area (Å²) in [5.74, 6) is 0. The van der Waals surface area contributed by atoms with Crippen LogP contribution in [0.2, 0.25) is 0 Å². The highest BCUT2D eigenvalue weighted by Gasteiger charge is 2.13. The van der Waals surface area contributed by atoms with E-state index in [1.54, 1.807) is 13.8 Å². The van der Waals surface area contributed by atoms with Gasteiger partial charge in [-0.05, 0) is 68.5 Å². The Hall–Kier alpha value is -1.92. The number of hydrogen-bond acceptors (Lipinski definition) is 4. The second-order valence-electron chi connectivity index (χ2n) is 6.70. The number of aromatic nitrogens is 1. The summed E-state index contributed by atoms with van der Waals surface area (Å²) in [5.41, 5.74) is 3.65. The molecule has 2 N–H and O–H groups in total. The predicted octanol–water partition coefficient (Wildman–Crippen LogP) is 3.58. The van der Waals surface area contributed by atoms with Crippen molar-refractivity contribution in [2.75, 3.05) is 18.4 Å². The summed E-state index contributed by atoms with van der Waals surface area (Å²) in [6.45, 7) is 4.79. The molecular weight excluding hydrogens is 346 g/mol. The third kappa shape index (κ3) is 7.14. The van der Waals surface area contributed by atoms with Crippen molar-refractivity contribution in [2.45, 2.75) is 44.8 Å². The monoisotopic (exact) mass is 375 g/mol. The summed E-state index contributed by atoms with van der Waals surface area (Å²) >= 11 is 0. The zero-order valence-electron chi connectivity index (χ0n) is 15.6. The molecular formula is C20H29N3O2S. The first-order valence-electron chi connectivity index (χ1n) is 9.17. The first kappa shape index (κ1) is 20.4. The Morgan fingerprint density at radius 2 is 1.50 bits per heavy atom. The van der Waals surface area contributed by atoms with E-state index < -0.39 is 10.0 Å². The standard InChI is InChI=1S/C20H29N3O2S/c1-17(2)26(24,25)23-13-5-3-4-12-22-20-8-6-18(7-9-20)16-19-10-14-21-15-11-19/h6-11,14-15,17,22-23H,3-5,12-13,16H2,1-2H3. The molecule has 0 saturated carbocycles. The van der Waals surface area contributed by atoms with Crippen molar-refractivity contribution < 1.29 is 8.42 Å². The molecule has 0 aliphatic carbocycles. The molecule has 0 aliphatic rings. The fraction of sp³-hybridized carbons (Fsp3) is 0.450. The molecule has 0 radical (unpaired) electrons. The van der Waals surface area contributed by atoms with E-state index in [0.717, 1.165) is 37.9 Å². The van der Waals surface area contributed by atoms with Crippen molar-refractivity contribution in [3.05, 3.63) is 59.9 Å². The molecule has 5 nitrogen and oxygen atoms in total. The summed E-state index contributed by atoms with van der Waals surface area (Å²) in [5, 5.41) is 3.04. The third-order valence-electron chi connectivity index (χ3n) is 4.22. The van der Waals surface area contributed by atoms with Crippen molar-refractivity contribution in [2.24, 2.45) is 0 Å². The minimum atomic E-state index is -3.13. The average Bonchev–Trinajstić information content (AvgIpc) is 2.63. The Kier molecular flexibility index (Phi) is 8.06. The lowest BCUT2D eigenvalue weighted by Gasteiger charge is -2.10. The minimum absolute atomic E-state index is 0.370. The van der Waals surface area contributed by atoms with Gasteiger partial charge in [0.15, 0.2) is 0 Å². The van der Waals surface area contributed by atoms with Crippen molar-refractivity contribution in [1.29, 1.82) is 0 Å². The summed E-state index contributed by atoms with van der Waals surface area (Å²) in [7, 11) is -3.13. The first-order valence-corrected chi connectivity index (χ1v) is 10.7. The van der Waals surface area contributed by atoms with Gasteiger partial charge in [0, 0.05) is 31.2 Å². The number of pyridine rings is 1. The van der Waals surface area contributed by atoms with Crippen molar-refractivity contribution in [1.82, 2.24) is 9.71 Å². The Morgan fingerprint density at radius 3 is 2.15 bits per heavy atom. The number of hydrogen-bond donors (Lipinski definition) is 2. The van der Waals surface area contributed by atoms with Gasteiger partial charge in [0.2, 0.25) is 10.0 Å². The molecule has 0 fully saturated rings. The summed E-state index contributed by atoms with van der Waals surface area (Å²) in [4.78, 5) is 4.04. The largest absolute Gasteiger partial charge is 0.385 e. The molecule has 6 heteroatoms. The van der Waals surface area contributed by atoms with E-state index >= 15 is 0 Å². The molecule has 0 bridgehead atoms. The maximum Gasteiger partial charge on any atom is 0.213 e. The van der Waals surface area contributed by atoms with Crippen LogP contribution < -0.4 is 10.0 Å². The molecule has 1 aromatic heterocycles. The van der Waals surface area contributed by atoms with Gasteiger partial charge in [0.1, 0.15) is 0 Å². The van der Waals surface area contributed by atoms with Gasteiger partial charge in [-0.2, -0.15) is 0 Å². The van der Waals surface area contributed by atoms with E-state index in [9.17, 15) is 8.42 Å². The zero-order valence-corrected chi connectivity index (χ0v) is 16.4. The van der Waals surface area contributed by atoms with Crippen LogP contribution in [0.25, 0.3) is 0 Å². The molecule has 0 atom stereocenters. The molecule has 2 aromatic rings. The molecule has 0 spiro atoms. The lowest BCUT2D eigenvalue weighted by atomic mass is 10.1. The SMILES string of the molecule is CC(C)S(=O)(=O)NCCCCCNc1ccc(Cc2ccncc2)cc1. The van der Waals surface area contributed by atoms with Crippen LogP contribution in [-0.2, 0) is 16.4 Å². The van der Waals surface area contributed by atoms with E-state index in [2.05, 4.69) is 39.3 Å². The quantitative estimate of drug-likeness (QED) is 0.589. The molecule has 2 rings (SSSR count). The summed E-state index contributed by atoms with van der Waals surface area (Å²) in [6.07, 6.45) is 7.42. The van der Waals surface area contributed by atoms with E-state index in [4.69, 9.17) is 0 Å². The van der Waals surface area contributed by atoms with E-state index in [0.29, 0.717) is 6.54 Å². The Bertz CT molecular complexity index is 744. The van der Waals surface area contributed by atoms with Gasteiger partial charge in [-0.15, -0.1) is 0 Å². The number of unbranched alkanes of at least 4 members (excludes halogenated alkanes) is 2. The number of benzene rings is 1. The topological polar surface area (TPSA) is 71.1 Å². The van der Waals surface area contributed by atoms with Gasteiger partial charge >= 0.3 is 0 Å². The van der Waals surface area contributed by atoms with Crippen LogP contribution in [0.4, 0.5) is 5.69 Å². The molecule has 1 aromatic carbocycles. The van der Waals surface area contributed by atoms with Crippen molar-refractivity contribution >= 4 is 15.7 Å². The molecule has 0 aliphatic heterocycles. The van der Waals surface area contributed by atoms with E-state index in [1.165, 1.54) is 11.1 Å². The Labute approximate surface area is 157 Å². The van der Waals surface area contributed by atoms with Gasteiger partial charge in [0.25, 0.3) is 0 Å². The number of rotatable bonds is 11. The Morgan fingerprint density at radius 1 is 0.885 bits per heavy atom. The van der Waals surface area contributed by atoms with Crippen LogP contribution in [0.3, 0.4) is 0 Å². The minimum Gasteiger partial charge on any atom is -0.385 e. The second kappa shape index (κ2) is 10.3. The summed E-state index contributed by atoms with van der Waals surface area (Å²) < 4.78 is 25.9. The highest BCUT2D eigenvalue weighted by molar-refractivity contribution is 7.90. The van der Waals surface area contributed by atoms with E-state index in [-0.39, 0.29) is 5.25 Å². The van der Waals surface area contributed by atoms with Gasteiger partial charge < -0.3 is 5.32 Å². The molecule has 0 unspecified atom stereocenters. The fourth-order valence-electron chi connectivity index (χ4n) is 2.52. The number of nitrogens with one attached hydrogen (secondary N) is 2. The highest BCUT2D eigenvalue weighted by Crippen LogP contribution is 2.13. The van der Waals surface area contributed by atoms with Gasteiger partial charge in [-0.1, -0.05) is 18.6 Å². The predicted molar refractivity (Wildman–Crippen MR) is 108 cm³/mol. The number of anilines is 1. The third-order valence-corrected chi connectivity index (χ3v) is 6.07. The fourth-order valence-corrected chi connectivity index (χ4v) is 3.28. The molecule has 0 saturated heterocycles. The van der Waals surface area contributed by atoms with Crippen molar-refractivity contribution in [3.8, 4) is 0 Å². The van der Waals surface area contributed by atoms with Crippen LogP contribution in [0.15, 0.2) is 48.8 Å². The van der Waals surface area contributed by atoms with Gasteiger partial charge in [-0.25, -0.2) is 13.1 Å². The van der Waals surface area contributed by atoms with E-state index in [1.807, 2.05) is 24.5 Å². The van der Waals surface area contributed by atoms with Gasteiger partial charge in [-0.3, -0.25) is 4.98 Å². The Balaban J connectivity index is 1.61. The number of sulfonamides is 1. The lowest BCUT2D eigenvalue weighted by Crippen LogP contribution is -2.31. The molecule has 26 heavy (non-hydrogen) atoms. The highest BCUT2D eigenvalue weighted by atomic mass is 32.2. The number of nitrogens with zero attached hydrogens (tertiary/aromatic N) is 1. The normalized spacial score (nSPS) is 11.7. The van der Waals surface area contributed by atoms with Gasteiger partial charge in [0.05, 0.1) is 5.25 Å². The summed E-state index contributed by atoms with van der Waals surface area (Å²) in [6, 6.07) is 12.6. The maximum absolute atomic E-state index is 11.6. The molecule has 142 valence electrons. The van der Waals surface area contributed by atoms with Crippen LogP contribution >= 0.6 is 0 Å². The van der Waals surface area contributed by atoms with Crippen LogP contribution in [0.1, 0.15) is 44.2 Å². The van der Waals surface area contributed by atoms with Crippen LogP contribution in [-0.4, -0.2) is 31.7 Å². The zero-order chi connectivity index (χ0) is 18.8. The second-order valence-corrected chi connectivity index (χ2v) is 9.03. The lowest BCUT2D eigenvalue weighted by molar-refractivity contribution is 0.566. The molecule has 1 heterocycles. The molecule has 0 amide bonds. The first-order chi connectivity index (χ1) is 12.5. The van der Waals surface area contributed by atoms with Crippen LogP contribution in [0, 0.1) is 0 Å². The van der Waals surface area contributed by atoms with Crippen molar-refractivity contribution in [3.63, 3.8) is 0 Å². The average molecular weight is 376 g/mol. The maximum atomic E-state index is 11.6. The van der Waals surface area contributed by atoms with Crippen LogP contribution in [0.5, 0.6) is 0 Å².